The highest BCUT2D eigenvalue weighted by Crippen LogP contribution is 2.24. The molecule has 0 aliphatic carbocycles. The number of carbonyl (C=O) groups is 2. The molecular formula is C22H22F3N5O2. The Hall–Kier alpha value is -3.66. The van der Waals surface area contributed by atoms with Crippen molar-refractivity contribution in [3.8, 4) is 16.9 Å². The number of imide groups is 1. The fourth-order valence-electron chi connectivity index (χ4n) is 3.06. The number of amides is 3. The molecule has 2 N–H and O–H groups in total. The number of benzene rings is 2. The summed E-state index contributed by atoms with van der Waals surface area (Å²) in [5.41, 5.74) is 3.36. The van der Waals surface area contributed by atoms with Crippen LogP contribution in [0.2, 0.25) is 0 Å². The molecule has 3 rings (SSSR count). The maximum Gasteiger partial charge on any atom is 0.405 e. The van der Waals surface area contributed by atoms with Crippen LogP contribution in [0.25, 0.3) is 16.9 Å². The molecule has 1 aromatic heterocycles. The SMILES string of the molecule is CN(CC(=O)NC(=O)NCC(F)(F)F)Cc1cn(-c2ccccc2)nc1-c1ccccc1. The molecule has 1 heterocycles. The molecule has 0 radical (unpaired) electrons. The number of aromatic nitrogens is 2. The van der Waals surface area contributed by atoms with Gasteiger partial charge in [-0.25, -0.2) is 9.48 Å². The first kappa shape index (κ1) is 23.0. The van der Waals surface area contributed by atoms with Gasteiger partial charge < -0.3 is 5.32 Å². The summed E-state index contributed by atoms with van der Waals surface area (Å²) in [6.07, 6.45) is -2.69. The molecular weight excluding hydrogens is 423 g/mol. The molecule has 0 aliphatic rings. The lowest BCUT2D eigenvalue weighted by atomic mass is 10.1. The van der Waals surface area contributed by atoms with Crippen molar-refractivity contribution in [2.24, 2.45) is 0 Å². The quantitative estimate of drug-likeness (QED) is 0.585. The topological polar surface area (TPSA) is 79.3 Å². The van der Waals surface area contributed by atoms with E-state index in [9.17, 15) is 22.8 Å². The Bertz CT molecular complexity index is 1050. The Morgan fingerprint density at radius 1 is 1.03 bits per heavy atom. The van der Waals surface area contributed by atoms with Crippen LogP contribution in [0.5, 0.6) is 0 Å². The first-order valence-corrected chi connectivity index (χ1v) is 9.73. The number of alkyl halides is 3. The zero-order valence-electron chi connectivity index (χ0n) is 17.3. The van der Waals surface area contributed by atoms with Crippen LogP contribution in [0.1, 0.15) is 5.56 Å². The Morgan fingerprint density at radius 2 is 1.66 bits per heavy atom. The molecule has 0 spiro atoms. The number of nitrogens with zero attached hydrogens (tertiary/aromatic N) is 3. The van der Waals surface area contributed by atoms with E-state index in [1.165, 1.54) is 0 Å². The lowest BCUT2D eigenvalue weighted by Gasteiger charge is -2.16. The predicted octanol–water partition coefficient (Wildman–Crippen LogP) is 3.36. The number of nitrogens with one attached hydrogen (secondary N) is 2. The smallest absolute Gasteiger partial charge is 0.329 e. The highest BCUT2D eigenvalue weighted by Gasteiger charge is 2.28. The van der Waals surface area contributed by atoms with Crippen molar-refractivity contribution in [1.82, 2.24) is 25.3 Å². The van der Waals surface area contributed by atoms with Crippen LogP contribution >= 0.6 is 0 Å². The highest BCUT2D eigenvalue weighted by atomic mass is 19.4. The summed E-state index contributed by atoms with van der Waals surface area (Å²) in [7, 11) is 1.67. The largest absolute Gasteiger partial charge is 0.405 e. The Morgan fingerprint density at radius 3 is 2.28 bits per heavy atom. The molecule has 3 amide bonds. The van der Waals surface area contributed by atoms with Crippen molar-refractivity contribution in [1.29, 1.82) is 0 Å². The average molecular weight is 445 g/mol. The van der Waals surface area contributed by atoms with Crippen LogP contribution in [0, 0.1) is 0 Å². The maximum absolute atomic E-state index is 12.2. The van der Waals surface area contributed by atoms with Gasteiger partial charge in [0.1, 0.15) is 6.54 Å². The van der Waals surface area contributed by atoms with Gasteiger partial charge in [-0.3, -0.25) is 15.0 Å². The van der Waals surface area contributed by atoms with Gasteiger partial charge >= 0.3 is 12.2 Å². The number of hydrogen-bond acceptors (Lipinski definition) is 4. The fourth-order valence-corrected chi connectivity index (χ4v) is 3.06. The van der Waals surface area contributed by atoms with Crippen molar-refractivity contribution >= 4 is 11.9 Å². The lowest BCUT2D eigenvalue weighted by Crippen LogP contribution is -2.46. The van der Waals surface area contributed by atoms with Crippen molar-refractivity contribution in [3.63, 3.8) is 0 Å². The molecule has 2 aromatic carbocycles. The molecule has 7 nitrogen and oxygen atoms in total. The first-order valence-electron chi connectivity index (χ1n) is 9.73. The molecule has 0 saturated carbocycles. The predicted molar refractivity (Wildman–Crippen MR) is 113 cm³/mol. The molecule has 3 aromatic rings. The number of rotatable bonds is 7. The molecule has 0 aliphatic heterocycles. The van der Waals surface area contributed by atoms with E-state index >= 15 is 0 Å². The molecule has 32 heavy (non-hydrogen) atoms. The Labute approximate surface area is 182 Å². The Kier molecular flexibility index (Phi) is 7.26. The minimum atomic E-state index is -4.55. The van der Waals surface area contributed by atoms with Crippen LogP contribution in [-0.2, 0) is 11.3 Å². The van der Waals surface area contributed by atoms with E-state index in [-0.39, 0.29) is 6.54 Å². The van der Waals surface area contributed by atoms with Crippen LogP contribution in [0.3, 0.4) is 0 Å². The van der Waals surface area contributed by atoms with Crippen LogP contribution in [0.15, 0.2) is 66.9 Å². The zero-order valence-corrected chi connectivity index (χ0v) is 17.3. The van der Waals surface area contributed by atoms with Gasteiger partial charge in [-0.05, 0) is 19.2 Å². The van der Waals surface area contributed by atoms with Gasteiger partial charge in [-0.1, -0.05) is 48.5 Å². The highest BCUT2D eigenvalue weighted by molar-refractivity contribution is 5.95. The summed E-state index contributed by atoms with van der Waals surface area (Å²) in [5, 5.41) is 8.19. The summed E-state index contributed by atoms with van der Waals surface area (Å²) in [4.78, 5) is 25.2. The number of halogens is 3. The third-order valence-corrected chi connectivity index (χ3v) is 4.41. The van der Waals surface area contributed by atoms with Crippen molar-refractivity contribution in [2.75, 3.05) is 20.1 Å². The van der Waals surface area contributed by atoms with E-state index in [1.807, 2.05) is 72.2 Å². The normalized spacial score (nSPS) is 11.4. The van der Waals surface area contributed by atoms with Gasteiger partial charge in [0.15, 0.2) is 0 Å². The summed E-state index contributed by atoms with van der Waals surface area (Å²) in [6, 6.07) is 17.9. The number of urea groups is 1. The minimum Gasteiger partial charge on any atom is -0.329 e. The number of carbonyl (C=O) groups excluding carboxylic acids is 2. The monoisotopic (exact) mass is 445 g/mol. The fraction of sp³-hybridized carbons (Fsp3) is 0.227. The van der Waals surface area contributed by atoms with Gasteiger partial charge in [0.2, 0.25) is 5.91 Å². The third kappa shape index (κ3) is 6.67. The molecule has 0 saturated heterocycles. The zero-order chi connectivity index (χ0) is 23.1. The molecule has 0 fully saturated rings. The van der Waals surface area contributed by atoms with E-state index in [0.29, 0.717) is 6.54 Å². The van der Waals surface area contributed by atoms with Crippen molar-refractivity contribution < 1.29 is 22.8 Å². The van der Waals surface area contributed by atoms with Crippen molar-refractivity contribution in [2.45, 2.75) is 12.7 Å². The van der Waals surface area contributed by atoms with Gasteiger partial charge in [0.25, 0.3) is 0 Å². The second kappa shape index (κ2) is 10.1. The number of hydrogen-bond donors (Lipinski definition) is 2. The standard InChI is InChI=1S/C22H22F3N5O2/c1-29(14-19(31)27-21(32)26-15-22(23,24)25)12-17-13-30(18-10-6-3-7-11-18)28-20(17)16-8-4-2-5-9-16/h2-11,13H,12,14-15H2,1H3,(H2,26,27,31,32). The van der Waals surface area contributed by atoms with Gasteiger partial charge in [-0.2, -0.15) is 18.3 Å². The van der Waals surface area contributed by atoms with E-state index in [1.54, 1.807) is 21.9 Å². The molecule has 0 atom stereocenters. The van der Waals surface area contributed by atoms with Crippen LogP contribution in [-0.4, -0.2) is 52.9 Å². The first-order chi connectivity index (χ1) is 15.2. The average Bonchev–Trinajstić information content (AvgIpc) is 3.16. The van der Waals surface area contributed by atoms with Crippen LogP contribution < -0.4 is 10.6 Å². The second-order valence-corrected chi connectivity index (χ2v) is 7.17. The van der Waals surface area contributed by atoms with Gasteiger partial charge in [0, 0.05) is 23.9 Å². The lowest BCUT2D eigenvalue weighted by molar-refractivity contribution is -0.125. The third-order valence-electron chi connectivity index (χ3n) is 4.41. The maximum atomic E-state index is 12.2. The number of para-hydroxylation sites is 1. The molecule has 0 unspecified atom stereocenters. The van der Waals surface area contributed by atoms with Gasteiger partial charge in [-0.15, -0.1) is 0 Å². The van der Waals surface area contributed by atoms with E-state index < -0.39 is 24.7 Å². The van der Waals surface area contributed by atoms with E-state index in [4.69, 9.17) is 5.10 Å². The van der Waals surface area contributed by atoms with E-state index in [2.05, 4.69) is 0 Å². The summed E-state index contributed by atoms with van der Waals surface area (Å²) in [6.45, 7) is -1.38. The molecule has 168 valence electrons. The summed E-state index contributed by atoms with van der Waals surface area (Å²) >= 11 is 0. The summed E-state index contributed by atoms with van der Waals surface area (Å²) in [5.74, 6) is -0.719. The number of likely N-dealkylation sites (N-methyl/N-ethyl adjacent to an activating group) is 1. The van der Waals surface area contributed by atoms with Crippen LogP contribution in [0.4, 0.5) is 18.0 Å². The van der Waals surface area contributed by atoms with Crippen molar-refractivity contribution in [3.05, 3.63) is 72.4 Å². The summed E-state index contributed by atoms with van der Waals surface area (Å²) < 4.78 is 38.2. The molecule has 10 heteroatoms. The van der Waals surface area contributed by atoms with E-state index in [0.717, 1.165) is 22.5 Å². The van der Waals surface area contributed by atoms with Gasteiger partial charge in [0.05, 0.1) is 17.9 Å². The minimum absolute atomic E-state index is 0.190. The molecule has 0 bridgehead atoms. The Balaban J connectivity index is 1.69. The second-order valence-electron chi connectivity index (χ2n) is 7.17.